The smallest absolute Gasteiger partial charge is 0.339 e. The van der Waals surface area contributed by atoms with Crippen molar-refractivity contribution < 1.29 is 14.6 Å². The number of ether oxygens (including phenoxy) is 1. The van der Waals surface area contributed by atoms with E-state index >= 15 is 0 Å². The van der Waals surface area contributed by atoms with Gasteiger partial charge in [0.2, 0.25) is 0 Å². The van der Waals surface area contributed by atoms with E-state index in [-0.39, 0.29) is 11.3 Å². The molecule has 4 nitrogen and oxygen atoms in total. The van der Waals surface area contributed by atoms with Crippen LogP contribution < -0.4 is 4.74 Å². The second-order valence-electron chi connectivity index (χ2n) is 4.52. The first-order valence-corrected chi connectivity index (χ1v) is 6.04. The summed E-state index contributed by atoms with van der Waals surface area (Å²) in [5.74, 6) is -0.473. The molecule has 0 fully saturated rings. The van der Waals surface area contributed by atoms with Gasteiger partial charge in [-0.15, -0.1) is 0 Å². The number of nitriles is 1. The fourth-order valence-corrected chi connectivity index (χ4v) is 1.82. The van der Waals surface area contributed by atoms with E-state index in [2.05, 4.69) is 0 Å². The van der Waals surface area contributed by atoms with Crippen molar-refractivity contribution in [2.45, 2.75) is 13.8 Å². The zero-order chi connectivity index (χ0) is 14.7. The van der Waals surface area contributed by atoms with Gasteiger partial charge in [-0.3, -0.25) is 0 Å². The van der Waals surface area contributed by atoms with Crippen molar-refractivity contribution in [3.63, 3.8) is 0 Å². The van der Waals surface area contributed by atoms with Crippen LogP contribution in [0.4, 0.5) is 0 Å². The monoisotopic (exact) mass is 267 g/mol. The molecule has 2 rings (SSSR count). The molecule has 0 bridgehead atoms. The van der Waals surface area contributed by atoms with Gasteiger partial charge in [-0.1, -0.05) is 17.7 Å². The number of carboxylic acids is 1. The molecular weight excluding hydrogens is 254 g/mol. The molecule has 0 atom stereocenters. The quantitative estimate of drug-likeness (QED) is 0.921. The van der Waals surface area contributed by atoms with Crippen LogP contribution in [-0.2, 0) is 0 Å². The molecule has 1 N–H and O–H groups in total. The minimum absolute atomic E-state index is 0.0791. The Hall–Kier alpha value is -2.80. The van der Waals surface area contributed by atoms with Gasteiger partial charge in [0.15, 0.2) is 0 Å². The summed E-state index contributed by atoms with van der Waals surface area (Å²) in [7, 11) is 0. The number of benzene rings is 2. The van der Waals surface area contributed by atoms with Crippen LogP contribution in [0, 0.1) is 25.2 Å². The van der Waals surface area contributed by atoms with Gasteiger partial charge < -0.3 is 9.84 Å². The van der Waals surface area contributed by atoms with Crippen molar-refractivity contribution >= 4 is 5.97 Å². The molecule has 2 aromatic rings. The third kappa shape index (κ3) is 2.78. The highest BCUT2D eigenvalue weighted by Crippen LogP contribution is 2.29. The number of rotatable bonds is 3. The highest BCUT2D eigenvalue weighted by molar-refractivity contribution is 5.91. The van der Waals surface area contributed by atoms with Crippen LogP contribution in [0.5, 0.6) is 11.5 Å². The molecule has 0 heterocycles. The average molecular weight is 267 g/mol. The Morgan fingerprint density at radius 2 is 1.75 bits per heavy atom. The molecule has 2 aromatic carbocycles. The average Bonchev–Trinajstić information content (AvgIpc) is 2.41. The molecule has 0 unspecified atom stereocenters. The van der Waals surface area contributed by atoms with Crippen molar-refractivity contribution in [1.82, 2.24) is 0 Å². The van der Waals surface area contributed by atoms with Gasteiger partial charge in [0.1, 0.15) is 23.1 Å². The van der Waals surface area contributed by atoms with E-state index in [0.717, 1.165) is 11.1 Å². The van der Waals surface area contributed by atoms with Crippen molar-refractivity contribution in [1.29, 1.82) is 5.26 Å². The molecule has 0 saturated carbocycles. The molecule has 0 amide bonds. The molecular formula is C16H13NO3. The van der Waals surface area contributed by atoms with Crippen LogP contribution in [0.15, 0.2) is 36.4 Å². The van der Waals surface area contributed by atoms with Crippen LogP contribution in [0.3, 0.4) is 0 Å². The number of aryl methyl sites for hydroxylation is 2. The Balaban J connectivity index is 2.48. The van der Waals surface area contributed by atoms with Crippen molar-refractivity contribution in [3.05, 3.63) is 58.7 Å². The van der Waals surface area contributed by atoms with Crippen molar-refractivity contribution in [2.75, 3.05) is 0 Å². The molecule has 0 aromatic heterocycles. The predicted molar refractivity (Wildman–Crippen MR) is 74.1 cm³/mol. The summed E-state index contributed by atoms with van der Waals surface area (Å²) in [6, 6.07) is 12.1. The Kier molecular flexibility index (Phi) is 3.72. The van der Waals surface area contributed by atoms with Gasteiger partial charge in [0, 0.05) is 0 Å². The van der Waals surface area contributed by atoms with Crippen LogP contribution in [0.2, 0.25) is 0 Å². The molecule has 0 saturated heterocycles. The molecule has 0 aliphatic carbocycles. The number of carbonyl (C=O) groups is 1. The molecule has 0 radical (unpaired) electrons. The number of aromatic carboxylic acids is 1. The van der Waals surface area contributed by atoms with E-state index < -0.39 is 5.97 Å². The van der Waals surface area contributed by atoms with Crippen LogP contribution in [-0.4, -0.2) is 11.1 Å². The molecule has 4 heteroatoms. The van der Waals surface area contributed by atoms with E-state index in [1.165, 1.54) is 0 Å². The maximum absolute atomic E-state index is 11.2. The van der Waals surface area contributed by atoms with E-state index in [1.54, 1.807) is 36.4 Å². The zero-order valence-electron chi connectivity index (χ0n) is 11.2. The second-order valence-corrected chi connectivity index (χ2v) is 4.52. The number of nitrogens with zero attached hydrogens (tertiary/aromatic N) is 1. The lowest BCUT2D eigenvalue weighted by Gasteiger charge is -2.11. The summed E-state index contributed by atoms with van der Waals surface area (Å²) in [6.07, 6.45) is 0. The van der Waals surface area contributed by atoms with Crippen LogP contribution in [0.25, 0.3) is 0 Å². The second kappa shape index (κ2) is 5.45. The third-order valence-corrected chi connectivity index (χ3v) is 2.84. The third-order valence-electron chi connectivity index (χ3n) is 2.84. The fourth-order valence-electron chi connectivity index (χ4n) is 1.82. The Bertz CT molecular complexity index is 714. The first-order chi connectivity index (χ1) is 9.51. The standard InChI is InChI=1S/C16H13NO3/c1-10-4-6-14(13(7-10)16(18)19)20-15-8-11(2)3-5-12(15)9-17/h3-8H,1-2H3,(H,18,19). The minimum Gasteiger partial charge on any atom is -0.478 e. The lowest BCUT2D eigenvalue weighted by molar-refractivity contribution is 0.0694. The number of carboxylic acid groups (broad SMARTS) is 1. The van der Waals surface area contributed by atoms with Crippen molar-refractivity contribution in [3.8, 4) is 17.6 Å². The topological polar surface area (TPSA) is 70.3 Å². The highest BCUT2D eigenvalue weighted by atomic mass is 16.5. The summed E-state index contributed by atoms with van der Waals surface area (Å²) in [5.41, 5.74) is 2.21. The van der Waals surface area contributed by atoms with Gasteiger partial charge >= 0.3 is 5.97 Å². The first kappa shape index (κ1) is 13.6. The summed E-state index contributed by atoms with van der Waals surface area (Å²) in [6.45, 7) is 3.69. The first-order valence-electron chi connectivity index (χ1n) is 6.04. The molecule has 0 aliphatic rings. The van der Waals surface area contributed by atoms with E-state index in [0.29, 0.717) is 11.3 Å². The normalized spacial score (nSPS) is 9.85. The van der Waals surface area contributed by atoms with E-state index in [1.807, 2.05) is 19.9 Å². The summed E-state index contributed by atoms with van der Waals surface area (Å²) < 4.78 is 5.63. The van der Waals surface area contributed by atoms with Crippen LogP contribution in [0.1, 0.15) is 27.0 Å². The Morgan fingerprint density at radius 1 is 1.10 bits per heavy atom. The summed E-state index contributed by atoms with van der Waals surface area (Å²) in [5, 5.41) is 18.3. The summed E-state index contributed by atoms with van der Waals surface area (Å²) >= 11 is 0. The number of hydrogen-bond donors (Lipinski definition) is 1. The lowest BCUT2D eigenvalue weighted by atomic mass is 10.1. The minimum atomic E-state index is -1.06. The van der Waals surface area contributed by atoms with Gasteiger partial charge in [-0.25, -0.2) is 4.79 Å². The predicted octanol–water partition coefficient (Wildman–Crippen LogP) is 3.67. The molecule has 0 spiro atoms. The zero-order valence-corrected chi connectivity index (χ0v) is 11.2. The highest BCUT2D eigenvalue weighted by Gasteiger charge is 2.14. The Morgan fingerprint density at radius 3 is 2.40 bits per heavy atom. The largest absolute Gasteiger partial charge is 0.478 e. The number of hydrogen-bond acceptors (Lipinski definition) is 3. The lowest BCUT2D eigenvalue weighted by Crippen LogP contribution is -2.01. The molecule has 100 valence electrons. The van der Waals surface area contributed by atoms with Gasteiger partial charge in [0.05, 0.1) is 5.56 Å². The maximum atomic E-state index is 11.2. The maximum Gasteiger partial charge on any atom is 0.339 e. The fraction of sp³-hybridized carbons (Fsp3) is 0.125. The molecule has 0 aliphatic heterocycles. The van der Waals surface area contributed by atoms with Gasteiger partial charge in [-0.05, 0) is 43.7 Å². The van der Waals surface area contributed by atoms with E-state index in [4.69, 9.17) is 10.00 Å². The molecule has 20 heavy (non-hydrogen) atoms. The van der Waals surface area contributed by atoms with Gasteiger partial charge in [-0.2, -0.15) is 5.26 Å². The van der Waals surface area contributed by atoms with Crippen molar-refractivity contribution in [2.24, 2.45) is 0 Å². The van der Waals surface area contributed by atoms with Gasteiger partial charge in [0.25, 0.3) is 0 Å². The van der Waals surface area contributed by atoms with E-state index in [9.17, 15) is 9.90 Å². The Labute approximate surface area is 116 Å². The summed E-state index contributed by atoms with van der Waals surface area (Å²) in [4.78, 5) is 11.2. The van der Waals surface area contributed by atoms with Crippen LogP contribution >= 0.6 is 0 Å². The SMILES string of the molecule is Cc1ccc(C#N)c(Oc2ccc(C)cc2C(=O)O)c1.